The zero-order valence-electron chi connectivity index (χ0n) is 19.0. The van der Waals surface area contributed by atoms with Gasteiger partial charge in [0.25, 0.3) is 0 Å². The van der Waals surface area contributed by atoms with Gasteiger partial charge in [0.05, 0.1) is 12.8 Å². The highest BCUT2D eigenvalue weighted by atomic mass is 16.5. The molecule has 34 heavy (non-hydrogen) atoms. The van der Waals surface area contributed by atoms with Gasteiger partial charge in [-0.2, -0.15) is 0 Å². The number of benzene rings is 3. The average molecular weight is 451 g/mol. The maximum Gasteiger partial charge on any atom is 0.221 e. The largest absolute Gasteiger partial charge is 0.467 e. The minimum atomic E-state index is -0.137. The lowest BCUT2D eigenvalue weighted by Gasteiger charge is -2.18. The van der Waals surface area contributed by atoms with Crippen molar-refractivity contribution in [1.29, 1.82) is 0 Å². The Labute approximate surface area is 198 Å². The second-order valence-corrected chi connectivity index (χ2v) is 8.31. The maximum atomic E-state index is 13.0. The molecule has 5 heteroatoms. The Morgan fingerprint density at radius 2 is 1.74 bits per heavy atom. The molecule has 1 unspecified atom stereocenters. The second-order valence-electron chi connectivity index (χ2n) is 8.31. The first kappa shape index (κ1) is 21.6. The molecule has 0 fully saturated rings. The van der Waals surface area contributed by atoms with E-state index in [0.717, 1.165) is 39.3 Å². The predicted molar refractivity (Wildman–Crippen MR) is 133 cm³/mol. The van der Waals surface area contributed by atoms with E-state index in [4.69, 9.17) is 9.15 Å². The summed E-state index contributed by atoms with van der Waals surface area (Å²) < 4.78 is 13.6. The van der Waals surface area contributed by atoms with Crippen LogP contribution >= 0.6 is 0 Å². The van der Waals surface area contributed by atoms with E-state index in [2.05, 4.69) is 34.3 Å². The third kappa shape index (κ3) is 4.74. The number of rotatable bonds is 8. The number of nitrogens with zero attached hydrogens (tertiary/aromatic N) is 1. The average Bonchev–Trinajstić information content (AvgIpc) is 3.50. The molecular formula is C29H26N2O3. The smallest absolute Gasteiger partial charge is 0.221 e. The number of carbonyl (C=O) groups excluding carboxylic acids is 1. The van der Waals surface area contributed by atoms with Gasteiger partial charge in [0, 0.05) is 36.5 Å². The highest BCUT2D eigenvalue weighted by molar-refractivity contribution is 5.86. The van der Waals surface area contributed by atoms with Crippen molar-refractivity contribution >= 4 is 16.8 Å². The molecule has 0 spiro atoms. The zero-order chi connectivity index (χ0) is 23.3. The van der Waals surface area contributed by atoms with Gasteiger partial charge in [0.15, 0.2) is 0 Å². The van der Waals surface area contributed by atoms with Crippen molar-refractivity contribution in [2.45, 2.75) is 18.9 Å². The number of ether oxygens (including phenoxy) is 1. The van der Waals surface area contributed by atoms with E-state index in [9.17, 15) is 4.79 Å². The van der Waals surface area contributed by atoms with Gasteiger partial charge >= 0.3 is 0 Å². The molecule has 0 aliphatic carbocycles. The van der Waals surface area contributed by atoms with Crippen LogP contribution in [0.3, 0.4) is 0 Å². The van der Waals surface area contributed by atoms with Gasteiger partial charge < -0.3 is 19.0 Å². The van der Waals surface area contributed by atoms with Crippen LogP contribution in [0.2, 0.25) is 0 Å². The SMILES string of the molecule is Cn1cc(C(CC(=O)NCc2ccco2)c2cccc(Oc3ccccc3)c2)c2ccccc21. The highest BCUT2D eigenvalue weighted by Crippen LogP contribution is 2.36. The Bertz CT molecular complexity index is 1390. The normalized spacial score (nSPS) is 11.9. The van der Waals surface area contributed by atoms with Crippen LogP contribution in [0.1, 0.15) is 29.2 Å². The molecular weight excluding hydrogens is 424 g/mol. The third-order valence-electron chi connectivity index (χ3n) is 5.97. The number of hydrogen-bond acceptors (Lipinski definition) is 3. The van der Waals surface area contributed by atoms with Crippen molar-refractivity contribution in [1.82, 2.24) is 9.88 Å². The molecule has 0 bridgehead atoms. The van der Waals surface area contributed by atoms with E-state index in [1.165, 1.54) is 0 Å². The van der Waals surface area contributed by atoms with Gasteiger partial charge in [0.2, 0.25) is 5.91 Å². The first-order valence-electron chi connectivity index (χ1n) is 11.3. The summed E-state index contributed by atoms with van der Waals surface area (Å²) in [4.78, 5) is 13.0. The molecule has 0 radical (unpaired) electrons. The van der Waals surface area contributed by atoms with Crippen molar-refractivity contribution in [3.63, 3.8) is 0 Å². The molecule has 1 atom stereocenters. The summed E-state index contributed by atoms with van der Waals surface area (Å²) in [6.45, 7) is 0.366. The number of fused-ring (bicyclic) bond motifs is 1. The van der Waals surface area contributed by atoms with Crippen LogP contribution in [0, 0.1) is 0 Å². The first-order chi connectivity index (χ1) is 16.7. The first-order valence-corrected chi connectivity index (χ1v) is 11.3. The van der Waals surface area contributed by atoms with Crippen molar-refractivity contribution in [3.05, 3.63) is 120 Å². The van der Waals surface area contributed by atoms with Crippen molar-refractivity contribution in [2.75, 3.05) is 0 Å². The fourth-order valence-electron chi connectivity index (χ4n) is 4.33. The summed E-state index contributed by atoms with van der Waals surface area (Å²) in [6.07, 6.45) is 4.04. The number of carbonyl (C=O) groups is 1. The zero-order valence-corrected chi connectivity index (χ0v) is 19.0. The van der Waals surface area contributed by atoms with E-state index < -0.39 is 0 Å². The molecule has 2 aromatic heterocycles. The standard InChI is InChI=1S/C29H26N2O3/c1-31-20-27(25-14-5-6-15-28(25)31)26(18-29(32)30-19-24-13-8-16-33-24)21-9-7-12-23(17-21)34-22-10-3-2-4-11-22/h2-17,20,26H,18-19H2,1H3,(H,30,32). The van der Waals surface area contributed by atoms with E-state index >= 15 is 0 Å². The summed E-state index contributed by atoms with van der Waals surface area (Å²) >= 11 is 0. The number of furan rings is 1. The Balaban J connectivity index is 1.47. The summed E-state index contributed by atoms with van der Waals surface area (Å²) in [7, 11) is 2.04. The lowest BCUT2D eigenvalue weighted by Crippen LogP contribution is -2.24. The molecule has 170 valence electrons. The van der Waals surface area contributed by atoms with Crippen LogP contribution in [0.25, 0.3) is 10.9 Å². The van der Waals surface area contributed by atoms with Crippen LogP contribution in [-0.2, 0) is 18.4 Å². The molecule has 3 aromatic carbocycles. The van der Waals surface area contributed by atoms with Crippen LogP contribution in [0.5, 0.6) is 11.5 Å². The van der Waals surface area contributed by atoms with Gasteiger partial charge in [-0.25, -0.2) is 0 Å². The summed E-state index contributed by atoms with van der Waals surface area (Å²) in [5.41, 5.74) is 3.27. The lowest BCUT2D eigenvalue weighted by atomic mass is 9.88. The Hall–Kier alpha value is -4.25. The van der Waals surface area contributed by atoms with E-state index in [0.29, 0.717) is 13.0 Å². The number of amides is 1. The Morgan fingerprint density at radius 3 is 2.56 bits per heavy atom. The molecule has 0 saturated carbocycles. The van der Waals surface area contributed by atoms with E-state index in [-0.39, 0.29) is 11.8 Å². The quantitative estimate of drug-likeness (QED) is 0.297. The molecule has 5 rings (SSSR count). The summed E-state index contributed by atoms with van der Waals surface area (Å²) in [5, 5.41) is 4.14. The molecule has 1 amide bonds. The minimum absolute atomic E-state index is 0.0382. The van der Waals surface area contributed by atoms with Crippen molar-refractivity contribution in [2.24, 2.45) is 7.05 Å². The Morgan fingerprint density at radius 1 is 0.941 bits per heavy atom. The van der Waals surface area contributed by atoms with Crippen LogP contribution in [-0.4, -0.2) is 10.5 Å². The third-order valence-corrected chi connectivity index (χ3v) is 5.97. The number of nitrogens with one attached hydrogen (secondary N) is 1. The van der Waals surface area contributed by atoms with Crippen LogP contribution in [0.4, 0.5) is 0 Å². The molecule has 5 nitrogen and oxygen atoms in total. The number of aryl methyl sites for hydroxylation is 1. The summed E-state index contributed by atoms with van der Waals surface area (Å²) in [6, 6.07) is 29.7. The minimum Gasteiger partial charge on any atom is -0.467 e. The molecule has 2 heterocycles. The van der Waals surface area contributed by atoms with Crippen molar-refractivity contribution in [3.8, 4) is 11.5 Å². The van der Waals surface area contributed by atoms with Gasteiger partial charge in [-0.15, -0.1) is 0 Å². The number of aromatic nitrogens is 1. The predicted octanol–water partition coefficient (Wildman–Crippen LogP) is 6.40. The Kier molecular flexibility index (Phi) is 6.17. The fourth-order valence-corrected chi connectivity index (χ4v) is 4.33. The topological polar surface area (TPSA) is 56.4 Å². The molecule has 5 aromatic rings. The number of para-hydroxylation sites is 2. The van der Waals surface area contributed by atoms with Crippen LogP contribution in [0.15, 0.2) is 108 Å². The maximum absolute atomic E-state index is 13.0. The lowest BCUT2D eigenvalue weighted by molar-refractivity contribution is -0.121. The summed E-state index contributed by atoms with van der Waals surface area (Å²) in [5.74, 6) is 2.07. The number of hydrogen-bond donors (Lipinski definition) is 1. The molecule has 0 aliphatic heterocycles. The van der Waals surface area contributed by atoms with Crippen molar-refractivity contribution < 1.29 is 13.9 Å². The molecule has 0 saturated heterocycles. The molecule has 1 N–H and O–H groups in total. The second kappa shape index (κ2) is 9.71. The molecule has 0 aliphatic rings. The van der Waals surface area contributed by atoms with Gasteiger partial charge in [0.1, 0.15) is 17.3 Å². The van der Waals surface area contributed by atoms with E-state index in [1.54, 1.807) is 6.26 Å². The van der Waals surface area contributed by atoms with Crippen LogP contribution < -0.4 is 10.1 Å². The van der Waals surface area contributed by atoms with Gasteiger partial charge in [-0.05, 0) is 53.6 Å². The van der Waals surface area contributed by atoms with E-state index in [1.807, 2.05) is 79.8 Å². The van der Waals surface area contributed by atoms with Gasteiger partial charge in [-0.3, -0.25) is 4.79 Å². The van der Waals surface area contributed by atoms with Gasteiger partial charge in [-0.1, -0.05) is 48.5 Å². The monoisotopic (exact) mass is 450 g/mol. The highest BCUT2D eigenvalue weighted by Gasteiger charge is 2.23. The fraction of sp³-hybridized carbons (Fsp3) is 0.138.